The van der Waals surface area contributed by atoms with Gasteiger partial charge in [0, 0.05) is 62.8 Å². The first-order valence-corrected chi connectivity index (χ1v) is 12.5. The number of hydrogen-bond acceptors (Lipinski definition) is 7. The number of aromatic nitrogens is 3. The van der Waals surface area contributed by atoms with Gasteiger partial charge in [0.1, 0.15) is 17.2 Å². The molecule has 0 bridgehead atoms. The molecular weight excluding hydrogens is 482 g/mol. The third kappa shape index (κ3) is 5.16. The zero-order valence-corrected chi connectivity index (χ0v) is 21.9. The second kappa shape index (κ2) is 10.5. The molecule has 1 aliphatic heterocycles. The lowest BCUT2D eigenvalue weighted by Gasteiger charge is -2.20. The molecular formula is C28H31N7O3. The lowest BCUT2D eigenvalue weighted by atomic mass is 10.2. The van der Waals surface area contributed by atoms with Crippen molar-refractivity contribution in [1.29, 1.82) is 0 Å². The van der Waals surface area contributed by atoms with E-state index in [0.717, 1.165) is 36.2 Å². The number of nitrogens with one attached hydrogen (secondary N) is 2. The number of rotatable bonds is 7. The lowest BCUT2D eigenvalue weighted by molar-refractivity contribution is 0.0783. The van der Waals surface area contributed by atoms with Crippen LogP contribution in [0.4, 0.5) is 11.6 Å². The molecule has 38 heavy (non-hydrogen) atoms. The fraction of sp³-hybridized carbons (Fsp3) is 0.286. The van der Waals surface area contributed by atoms with Gasteiger partial charge in [-0.3, -0.25) is 14.6 Å². The molecule has 2 aromatic heterocycles. The van der Waals surface area contributed by atoms with Crippen LogP contribution in [0, 0.1) is 0 Å². The van der Waals surface area contributed by atoms with Gasteiger partial charge in [-0.2, -0.15) is 0 Å². The van der Waals surface area contributed by atoms with Crippen LogP contribution in [0.1, 0.15) is 27.3 Å². The molecule has 3 heterocycles. The highest BCUT2D eigenvalue weighted by molar-refractivity contribution is 5.95. The zero-order valence-electron chi connectivity index (χ0n) is 21.9. The van der Waals surface area contributed by atoms with Gasteiger partial charge in [0.15, 0.2) is 0 Å². The first kappa shape index (κ1) is 25.2. The number of imidazole rings is 1. The summed E-state index contributed by atoms with van der Waals surface area (Å²) in [5, 5.41) is 5.90. The quantitative estimate of drug-likeness (QED) is 0.389. The molecule has 196 valence electrons. The molecule has 0 saturated carbocycles. The molecule has 10 nitrogen and oxygen atoms in total. The predicted molar refractivity (Wildman–Crippen MR) is 146 cm³/mol. The fourth-order valence-corrected chi connectivity index (χ4v) is 4.57. The summed E-state index contributed by atoms with van der Waals surface area (Å²) in [6, 6.07) is 16.8. The number of ether oxygens (including phenoxy) is 1. The Morgan fingerprint density at radius 1 is 1.05 bits per heavy atom. The van der Waals surface area contributed by atoms with Gasteiger partial charge in [-0.05, 0) is 63.0 Å². The Hall–Kier alpha value is -4.44. The summed E-state index contributed by atoms with van der Waals surface area (Å²) < 4.78 is 7.92. The second-order valence-electron chi connectivity index (χ2n) is 9.56. The van der Waals surface area contributed by atoms with Gasteiger partial charge < -0.3 is 29.7 Å². The third-order valence-corrected chi connectivity index (χ3v) is 6.85. The number of amides is 2. The Bertz CT molecular complexity index is 1480. The van der Waals surface area contributed by atoms with E-state index in [9.17, 15) is 9.59 Å². The first-order valence-electron chi connectivity index (χ1n) is 12.5. The van der Waals surface area contributed by atoms with Crippen molar-refractivity contribution in [2.75, 3.05) is 39.5 Å². The monoisotopic (exact) mass is 513 g/mol. The van der Waals surface area contributed by atoms with Gasteiger partial charge in [-0.15, -0.1) is 0 Å². The molecule has 0 spiro atoms. The molecule has 0 radical (unpaired) electrons. The van der Waals surface area contributed by atoms with Crippen molar-refractivity contribution >= 4 is 34.5 Å². The number of likely N-dealkylation sites (N-methyl/N-ethyl adjacent to an activating group) is 1. The predicted octanol–water partition coefficient (Wildman–Crippen LogP) is 3.64. The molecule has 1 atom stereocenters. The van der Waals surface area contributed by atoms with Crippen LogP contribution < -0.4 is 15.4 Å². The van der Waals surface area contributed by atoms with Crippen LogP contribution >= 0.6 is 0 Å². The minimum atomic E-state index is -0.280. The Morgan fingerprint density at radius 2 is 1.82 bits per heavy atom. The summed E-state index contributed by atoms with van der Waals surface area (Å²) >= 11 is 0. The van der Waals surface area contributed by atoms with E-state index >= 15 is 0 Å². The summed E-state index contributed by atoms with van der Waals surface area (Å²) in [6.07, 6.45) is 2.53. The van der Waals surface area contributed by atoms with Gasteiger partial charge in [0.25, 0.3) is 11.8 Å². The van der Waals surface area contributed by atoms with E-state index < -0.39 is 0 Å². The highest BCUT2D eigenvalue weighted by Gasteiger charge is 2.28. The standard InChI is InChI=1S/C28H31N7O3/c1-29-26(36)24-16-22(11-13-30-24)38-21-9-10-25-23(15-21)32-28(34(25)4)31-19-7-5-18(6-8-19)27(37)35-14-12-20(17-35)33(2)3/h5-11,13,15-16,20H,12,14,17H2,1-4H3,(H,29,36)(H,31,32)/t20-/m1/s1. The molecule has 5 rings (SSSR count). The van der Waals surface area contributed by atoms with Gasteiger partial charge in [-0.1, -0.05) is 0 Å². The van der Waals surface area contributed by atoms with E-state index in [2.05, 4.69) is 34.6 Å². The van der Waals surface area contributed by atoms with Gasteiger partial charge >= 0.3 is 0 Å². The molecule has 2 N–H and O–H groups in total. The maximum atomic E-state index is 12.9. The van der Waals surface area contributed by atoms with E-state index in [1.807, 2.05) is 59.0 Å². The minimum absolute atomic E-state index is 0.0628. The van der Waals surface area contributed by atoms with Crippen molar-refractivity contribution in [3.8, 4) is 11.5 Å². The van der Waals surface area contributed by atoms with Crippen molar-refractivity contribution in [2.45, 2.75) is 12.5 Å². The number of carbonyl (C=O) groups is 2. The van der Waals surface area contributed by atoms with Crippen molar-refractivity contribution < 1.29 is 14.3 Å². The van der Waals surface area contributed by atoms with E-state index in [4.69, 9.17) is 9.72 Å². The van der Waals surface area contributed by atoms with E-state index in [1.54, 1.807) is 19.2 Å². The molecule has 1 fully saturated rings. The summed E-state index contributed by atoms with van der Waals surface area (Å²) in [4.78, 5) is 37.7. The summed E-state index contributed by atoms with van der Waals surface area (Å²) in [7, 11) is 7.60. The maximum Gasteiger partial charge on any atom is 0.269 e. The number of hydrogen-bond donors (Lipinski definition) is 2. The first-order chi connectivity index (χ1) is 18.3. The van der Waals surface area contributed by atoms with Crippen LogP contribution in [0.3, 0.4) is 0 Å². The summed E-state index contributed by atoms with van der Waals surface area (Å²) in [5.41, 5.74) is 3.47. The average Bonchev–Trinajstić information content (AvgIpc) is 3.54. The average molecular weight is 514 g/mol. The fourth-order valence-electron chi connectivity index (χ4n) is 4.57. The molecule has 1 saturated heterocycles. The van der Waals surface area contributed by atoms with Crippen LogP contribution in [0.5, 0.6) is 11.5 Å². The minimum Gasteiger partial charge on any atom is -0.457 e. The largest absolute Gasteiger partial charge is 0.457 e. The molecule has 0 aliphatic carbocycles. The number of carbonyl (C=O) groups excluding carboxylic acids is 2. The van der Waals surface area contributed by atoms with Crippen molar-refractivity contribution in [3.05, 3.63) is 72.1 Å². The molecule has 2 aromatic carbocycles. The smallest absolute Gasteiger partial charge is 0.269 e. The topological polar surface area (TPSA) is 105 Å². The van der Waals surface area contributed by atoms with Crippen molar-refractivity contribution in [1.82, 2.24) is 29.7 Å². The van der Waals surface area contributed by atoms with Gasteiger partial charge in [0.05, 0.1) is 11.0 Å². The zero-order chi connectivity index (χ0) is 26.8. The summed E-state index contributed by atoms with van der Waals surface area (Å²) in [5.74, 6) is 1.55. The molecule has 4 aromatic rings. The van der Waals surface area contributed by atoms with Crippen molar-refractivity contribution in [3.63, 3.8) is 0 Å². The van der Waals surface area contributed by atoms with Crippen LogP contribution in [0.2, 0.25) is 0 Å². The molecule has 2 amide bonds. The van der Waals surface area contributed by atoms with E-state index in [0.29, 0.717) is 29.1 Å². The Balaban J connectivity index is 1.28. The Kier molecular flexibility index (Phi) is 6.97. The molecule has 1 aliphatic rings. The van der Waals surface area contributed by atoms with Crippen LogP contribution in [0.25, 0.3) is 11.0 Å². The number of aryl methyl sites for hydroxylation is 1. The number of fused-ring (bicyclic) bond motifs is 1. The number of benzene rings is 2. The molecule has 0 unspecified atom stereocenters. The van der Waals surface area contributed by atoms with E-state index in [1.165, 1.54) is 6.20 Å². The normalized spacial score (nSPS) is 15.2. The van der Waals surface area contributed by atoms with Crippen LogP contribution in [0.15, 0.2) is 60.8 Å². The molecule has 10 heteroatoms. The highest BCUT2D eigenvalue weighted by Crippen LogP contribution is 2.28. The number of nitrogens with zero attached hydrogens (tertiary/aromatic N) is 5. The number of pyridine rings is 1. The highest BCUT2D eigenvalue weighted by atomic mass is 16.5. The lowest BCUT2D eigenvalue weighted by Crippen LogP contribution is -2.34. The van der Waals surface area contributed by atoms with Crippen molar-refractivity contribution in [2.24, 2.45) is 7.05 Å². The SMILES string of the molecule is CNC(=O)c1cc(Oc2ccc3c(c2)nc(Nc2ccc(C(=O)N4CC[C@@H](N(C)C)C4)cc2)n3C)ccn1. The summed E-state index contributed by atoms with van der Waals surface area (Å²) in [6.45, 7) is 1.54. The van der Waals surface area contributed by atoms with Crippen LogP contribution in [-0.2, 0) is 7.05 Å². The maximum absolute atomic E-state index is 12.9. The van der Waals surface area contributed by atoms with E-state index in [-0.39, 0.29) is 17.5 Å². The van der Waals surface area contributed by atoms with Gasteiger partial charge in [-0.25, -0.2) is 4.98 Å². The Morgan fingerprint density at radius 3 is 2.53 bits per heavy atom. The third-order valence-electron chi connectivity index (χ3n) is 6.85. The number of likely N-dealkylation sites (tertiary alicyclic amines) is 1. The number of anilines is 2. The second-order valence-corrected chi connectivity index (χ2v) is 9.56. The Labute approximate surface area is 221 Å². The van der Waals surface area contributed by atoms with Crippen LogP contribution in [-0.4, -0.2) is 76.4 Å². The van der Waals surface area contributed by atoms with Gasteiger partial charge in [0.2, 0.25) is 5.95 Å².